The van der Waals surface area contributed by atoms with E-state index in [1.54, 1.807) is 7.11 Å². The van der Waals surface area contributed by atoms with Crippen molar-refractivity contribution in [3.63, 3.8) is 0 Å². The summed E-state index contributed by atoms with van der Waals surface area (Å²) < 4.78 is 16.5. The highest BCUT2D eigenvalue weighted by Gasteiger charge is 2.14. The van der Waals surface area contributed by atoms with E-state index >= 15 is 0 Å². The van der Waals surface area contributed by atoms with E-state index < -0.39 is 0 Å². The zero-order valence-corrected chi connectivity index (χ0v) is 18.2. The van der Waals surface area contributed by atoms with Gasteiger partial charge in [0.1, 0.15) is 5.75 Å². The van der Waals surface area contributed by atoms with E-state index in [1.807, 2.05) is 18.2 Å². The predicted molar refractivity (Wildman–Crippen MR) is 116 cm³/mol. The lowest BCUT2D eigenvalue weighted by Crippen LogP contribution is -2.38. The molecule has 6 nitrogen and oxygen atoms in total. The molecule has 1 aromatic rings. The molecule has 26 heavy (non-hydrogen) atoms. The van der Waals surface area contributed by atoms with Crippen LogP contribution in [0.1, 0.15) is 31.7 Å². The molecular formula is C19H32IN3O3. The van der Waals surface area contributed by atoms with Gasteiger partial charge in [0.25, 0.3) is 0 Å². The summed E-state index contributed by atoms with van der Waals surface area (Å²) in [6.07, 6.45) is 3.52. The molecule has 7 heteroatoms. The Balaban J connectivity index is 0.00000338. The van der Waals surface area contributed by atoms with Crippen LogP contribution in [-0.2, 0) is 16.0 Å². The van der Waals surface area contributed by atoms with Crippen LogP contribution in [0.2, 0.25) is 0 Å². The van der Waals surface area contributed by atoms with Gasteiger partial charge in [0.2, 0.25) is 0 Å². The van der Waals surface area contributed by atoms with Crippen LogP contribution in [0.3, 0.4) is 0 Å². The van der Waals surface area contributed by atoms with Gasteiger partial charge < -0.3 is 24.8 Å². The van der Waals surface area contributed by atoms with Gasteiger partial charge in [-0.05, 0) is 43.9 Å². The number of nitrogens with zero attached hydrogens (tertiary/aromatic N) is 1. The van der Waals surface area contributed by atoms with Crippen LogP contribution in [0.25, 0.3) is 0 Å². The Morgan fingerprint density at radius 1 is 1.35 bits per heavy atom. The van der Waals surface area contributed by atoms with Crippen LogP contribution >= 0.6 is 24.0 Å². The first kappa shape index (κ1) is 23.0. The van der Waals surface area contributed by atoms with Gasteiger partial charge in [-0.2, -0.15) is 0 Å². The van der Waals surface area contributed by atoms with Gasteiger partial charge in [0, 0.05) is 26.3 Å². The van der Waals surface area contributed by atoms with Gasteiger partial charge in [-0.15, -0.1) is 24.0 Å². The number of rotatable bonds is 10. The molecule has 1 aromatic carbocycles. The molecule has 1 atom stereocenters. The minimum atomic E-state index is 0. The fourth-order valence-electron chi connectivity index (χ4n) is 2.65. The number of ether oxygens (including phenoxy) is 3. The number of hydrogen-bond donors (Lipinski definition) is 2. The zero-order chi connectivity index (χ0) is 17.7. The molecule has 148 valence electrons. The van der Waals surface area contributed by atoms with Crippen LogP contribution < -0.4 is 15.4 Å². The van der Waals surface area contributed by atoms with E-state index in [0.29, 0.717) is 19.3 Å². The molecule has 1 heterocycles. The third-order valence-corrected chi connectivity index (χ3v) is 3.98. The predicted octanol–water partition coefficient (Wildman–Crippen LogP) is 2.95. The van der Waals surface area contributed by atoms with E-state index in [2.05, 4.69) is 28.6 Å². The minimum Gasteiger partial charge on any atom is -0.497 e. The first-order valence-corrected chi connectivity index (χ1v) is 9.16. The highest BCUT2D eigenvalue weighted by atomic mass is 127. The van der Waals surface area contributed by atoms with E-state index in [1.165, 1.54) is 0 Å². The topological polar surface area (TPSA) is 64.1 Å². The molecule has 0 amide bonds. The summed E-state index contributed by atoms with van der Waals surface area (Å²) in [6, 6.07) is 7.98. The molecule has 0 aliphatic carbocycles. The second-order valence-electron chi connectivity index (χ2n) is 6.04. The maximum atomic E-state index is 5.67. The van der Waals surface area contributed by atoms with Crippen molar-refractivity contribution < 1.29 is 14.2 Å². The lowest BCUT2D eigenvalue weighted by molar-refractivity contribution is 0.0168. The summed E-state index contributed by atoms with van der Waals surface area (Å²) in [4.78, 5) is 4.62. The summed E-state index contributed by atoms with van der Waals surface area (Å²) in [6.45, 7) is 6.67. The Morgan fingerprint density at radius 2 is 2.23 bits per heavy atom. The molecule has 1 unspecified atom stereocenters. The maximum absolute atomic E-state index is 5.67. The molecule has 0 saturated carbocycles. The van der Waals surface area contributed by atoms with Gasteiger partial charge in [-0.1, -0.05) is 12.1 Å². The summed E-state index contributed by atoms with van der Waals surface area (Å²) in [7, 11) is 1.68. The van der Waals surface area contributed by atoms with Gasteiger partial charge in [0.05, 0.1) is 26.4 Å². The summed E-state index contributed by atoms with van der Waals surface area (Å²) in [5, 5.41) is 6.61. The van der Waals surface area contributed by atoms with Crippen LogP contribution in [0.4, 0.5) is 0 Å². The Bertz CT molecular complexity index is 523. The molecule has 2 N–H and O–H groups in total. The second kappa shape index (κ2) is 14.1. The minimum absolute atomic E-state index is 0. The normalized spacial score (nSPS) is 16.8. The average Bonchev–Trinajstić information content (AvgIpc) is 3.16. The van der Waals surface area contributed by atoms with Crippen LogP contribution in [-0.4, -0.2) is 52.1 Å². The van der Waals surface area contributed by atoms with Crippen molar-refractivity contribution in [2.24, 2.45) is 4.99 Å². The Kier molecular flexibility index (Phi) is 12.4. The molecule has 0 bridgehead atoms. The second-order valence-corrected chi connectivity index (χ2v) is 6.04. The van der Waals surface area contributed by atoms with Crippen LogP contribution in [0.5, 0.6) is 5.75 Å². The fourth-order valence-corrected chi connectivity index (χ4v) is 2.65. The van der Waals surface area contributed by atoms with Crippen molar-refractivity contribution in [2.45, 2.75) is 38.8 Å². The number of benzene rings is 1. The highest BCUT2D eigenvalue weighted by Crippen LogP contribution is 2.13. The quantitative estimate of drug-likeness (QED) is 0.235. The lowest BCUT2D eigenvalue weighted by Gasteiger charge is -2.13. The Hall–Kier alpha value is -1.06. The van der Waals surface area contributed by atoms with E-state index in [9.17, 15) is 0 Å². The molecule has 1 saturated heterocycles. The maximum Gasteiger partial charge on any atom is 0.191 e. The van der Waals surface area contributed by atoms with Crippen LogP contribution in [0, 0.1) is 0 Å². The van der Waals surface area contributed by atoms with Crippen molar-refractivity contribution in [2.75, 3.05) is 40.0 Å². The largest absolute Gasteiger partial charge is 0.497 e. The van der Waals surface area contributed by atoms with Gasteiger partial charge in [-0.3, -0.25) is 0 Å². The van der Waals surface area contributed by atoms with Crippen molar-refractivity contribution in [1.82, 2.24) is 10.6 Å². The first-order chi connectivity index (χ1) is 12.3. The number of nitrogens with one attached hydrogen (secondary N) is 2. The van der Waals surface area contributed by atoms with Crippen molar-refractivity contribution in [3.05, 3.63) is 29.8 Å². The number of halogens is 1. The number of methoxy groups -OCH3 is 1. The number of guanidine groups is 1. The van der Waals surface area contributed by atoms with Gasteiger partial charge in [-0.25, -0.2) is 4.99 Å². The third-order valence-electron chi connectivity index (χ3n) is 3.98. The molecular weight excluding hydrogens is 445 g/mol. The molecule has 0 radical (unpaired) electrons. The highest BCUT2D eigenvalue weighted by molar-refractivity contribution is 14.0. The number of hydrogen-bond acceptors (Lipinski definition) is 4. The zero-order valence-electron chi connectivity index (χ0n) is 15.8. The van der Waals surface area contributed by atoms with Crippen molar-refractivity contribution in [3.8, 4) is 5.75 Å². The summed E-state index contributed by atoms with van der Waals surface area (Å²) in [5.74, 6) is 1.68. The van der Waals surface area contributed by atoms with Crippen molar-refractivity contribution >= 4 is 29.9 Å². The first-order valence-electron chi connectivity index (χ1n) is 9.16. The number of aliphatic imine (C=N–C) groups is 1. The molecule has 1 aliphatic heterocycles. The molecule has 1 aliphatic rings. The molecule has 0 aromatic heterocycles. The van der Waals surface area contributed by atoms with E-state index in [4.69, 9.17) is 14.2 Å². The third kappa shape index (κ3) is 9.05. The van der Waals surface area contributed by atoms with Crippen molar-refractivity contribution in [1.29, 1.82) is 0 Å². The summed E-state index contributed by atoms with van der Waals surface area (Å²) >= 11 is 0. The fraction of sp³-hybridized carbons (Fsp3) is 0.632. The van der Waals surface area contributed by atoms with Crippen LogP contribution in [0.15, 0.2) is 29.3 Å². The Labute approximate surface area is 174 Å². The smallest absolute Gasteiger partial charge is 0.191 e. The van der Waals surface area contributed by atoms with E-state index in [0.717, 1.165) is 62.8 Å². The summed E-state index contributed by atoms with van der Waals surface area (Å²) in [5.41, 5.74) is 1.12. The SMILES string of the molecule is CCNC(=NCc1cccc(OC)c1)NCCCOCC1CCCO1.I. The monoisotopic (exact) mass is 477 g/mol. The molecule has 0 spiro atoms. The van der Waals surface area contributed by atoms with E-state index in [-0.39, 0.29) is 24.0 Å². The average molecular weight is 477 g/mol. The Morgan fingerprint density at radius 3 is 2.96 bits per heavy atom. The standard InChI is InChI=1S/C19H31N3O3.HI/c1-3-20-19(22-14-16-7-4-8-17(13-16)23-2)21-10-6-11-24-15-18-9-5-12-25-18;/h4,7-8,13,18H,3,5-6,9-12,14-15H2,1-2H3,(H2,20,21,22);1H. The lowest BCUT2D eigenvalue weighted by atomic mass is 10.2. The van der Waals surface area contributed by atoms with Gasteiger partial charge >= 0.3 is 0 Å². The molecule has 1 fully saturated rings. The molecule has 2 rings (SSSR count). The van der Waals surface area contributed by atoms with Gasteiger partial charge in [0.15, 0.2) is 5.96 Å².